The van der Waals surface area contributed by atoms with Crippen LogP contribution in [0.5, 0.6) is 0 Å². The average Bonchev–Trinajstić information content (AvgIpc) is 2.60. The van der Waals surface area contributed by atoms with Crippen LogP contribution in [0.2, 0.25) is 0 Å². The Morgan fingerprint density at radius 1 is 1.44 bits per heavy atom. The highest BCUT2D eigenvalue weighted by Crippen LogP contribution is 2.13. The van der Waals surface area contributed by atoms with Gasteiger partial charge in [-0.25, -0.2) is 0 Å². The van der Waals surface area contributed by atoms with Crippen LogP contribution in [0.4, 0.5) is 0 Å². The van der Waals surface area contributed by atoms with Gasteiger partial charge in [-0.15, -0.1) is 10.2 Å². The molecule has 2 rings (SSSR count). The van der Waals surface area contributed by atoms with Crippen LogP contribution in [0.15, 0.2) is 22.8 Å². The van der Waals surface area contributed by atoms with Crippen LogP contribution in [0.3, 0.4) is 0 Å². The lowest BCUT2D eigenvalue weighted by Crippen LogP contribution is -2.14. The Hall–Kier alpha value is -0.940. The molecule has 0 aliphatic rings. The standard InChI is InChI=1S/C11H15BrN4/c1-8(13)3-2-4-10-14-15-11-6-5-9(12)7-16(10)11/h5-8H,2-4,13H2,1H3. The Bertz CT molecular complexity index is 478. The molecule has 16 heavy (non-hydrogen) atoms. The molecule has 4 nitrogen and oxygen atoms in total. The Labute approximate surface area is 103 Å². The predicted octanol–water partition coefficient (Wildman–Crippen LogP) is 2.16. The fourth-order valence-electron chi connectivity index (χ4n) is 1.66. The summed E-state index contributed by atoms with van der Waals surface area (Å²) < 4.78 is 3.05. The van der Waals surface area contributed by atoms with E-state index in [1.165, 1.54) is 0 Å². The predicted molar refractivity (Wildman–Crippen MR) is 67.3 cm³/mol. The van der Waals surface area contributed by atoms with Crippen molar-refractivity contribution >= 4 is 21.6 Å². The molecule has 0 aromatic carbocycles. The maximum atomic E-state index is 5.72. The summed E-state index contributed by atoms with van der Waals surface area (Å²) >= 11 is 3.45. The van der Waals surface area contributed by atoms with Gasteiger partial charge in [0.05, 0.1) is 0 Å². The van der Waals surface area contributed by atoms with Gasteiger partial charge < -0.3 is 5.73 Å². The third-order valence-electron chi connectivity index (χ3n) is 2.50. The number of rotatable bonds is 4. The zero-order chi connectivity index (χ0) is 11.5. The van der Waals surface area contributed by atoms with Crippen LogP contribution in [0.25, 0.3) is 5.65 Å². The van der Waals surface area contributed by atoms with Crippen molar-refractivity contribution in [2.24, 2.45) is 5.73 Å². The first-order valence-corrected chi connectivity index (χ1v) is 6.21. The summed E-state index contributed by atoms with van der Waals surface area (Å²) in [6.45, 7) is 2.03. The summed E-state index contributed by atoms with van der Waals surface area (Å²) in [7, 11) is 0. The molecule has 86 valence electrons. The smallest absolute Gasteiger partial charge is 0.160 e. The maximum Gasteiger partial charge on any atom is 0.160 e. The number of hydrogen-bond acceptors (Lipinski definition) is 3. The summed E-state index contributed by atoms with van der Waals surface area (Å²) in [6, 6.07) is 4.17. The van der Waals surface area contributed by atoms with E-state index in [4.69, 9.17) is 5.73 Å². The van der Waals surface area contributed by atoms with Crippen molar-refractivity contribution in [3.8, 4) is 0 Å². The number of hydrogen-bond donors (Lipinski definition) is 1. The average molecular weight is 283 g/mol. The van der Waals surface area contributed by atoms with Crippen molar-refractivity contribution < 1.29 is 0 Å². The zero-order valence-corrected chi connectivity index (χ0v) is 10.8. The quantitative estimate of drug-likeness (QED) is 0.935. The topological polar surface area (TPSA) is 56.2 Å². The van der Waals surface area contributed by atoms with E-state index in [1.54, 1.807) is 0 Å². The van der Waals surface area contributed by atoms with Gasteiger partial charge in [0, 0.05) is 23.1 Å². The van der Waals surface area contributed by atoms with Gasteiger partial charge in [0.2, 0.25) is 0 Å². The van der Waals surface area contributed by atoms with Gasteiger partial charge in [-0.05, 0) is 47.8 Å². The number of aromatic nitrogens is 3. The van der Waals surface area contributed by atoms with E-state index in [9.17, 15) is 0 Å². The summed E-state index contributed by atoms with van der Waals surface area (Å²) in [5, 5.41) is 8.30. The molecule has 0 fully saturated rings. The first kappa shape index (κ1) is 11.5. The highest BCUT2D eigenvalue weighted by Gasteiger charge is 2.05. The number of nitrogens with zero attached hydrogens (tertiary/aromatic N) is 3. The van der Waals surface area contributed by atoms with E-state index in [1.807, 2.05) is 29.7 Å². The van der Waals surface area contributed by atoms with Crippen LogP contribution in [-0.4, -0.2) is 20.6 Å². The molecule has 2 heterocycles. The Morgan fingerprint density at radius 3 is 3.00 bits per heavy atom. The Balaban J connectivity index is 2.15. The number of halogens is 1. The molecule has 0 amide bonds. The third kappa shape index (κ3) is 2.59. The van der Waals surface area contributed by atoms with Gasteiger partial charge in [-0.3, -0.25) is 4.40 Å². The fraction of sp³-hybridized carbons (Fsp3) is 0.455. The van der Waals surface area contributed by atoms with Crippen molar-refractivity contribution in [2.75, 3.05) is 0 Å². The lowest BCUT2D eigenvalue weighted by molar-refractivity contribution is 0.611. The number of aryl methyl sites for hydroxylation is 1. The molecule has 0 aliphatic heterocycles. The Morgan fingerprint density at radius 2 is 2.25 bits per heavy atom. The molecule has 0 saturated heterocycles. The molecule has 2 aromatic rings. The third-order valence-corrected chi connectivity index (χ3v) is 2.97. The van der Waals surface area contributed by atoms with E-state index in [0.29, 0.717) is 0 Å². The van der Waals surface area contributed by atoms with E-state index >= 15 is 0 Å². The molecular weight excluding hydrogens is 268 g/mol. The second kappa shape index (κ2) is 4.93. The molecule has 0 spiro atoms. The van der Waals surface area contributed by atoms with Gasteiger partial charge in [0.25, 0.3) is 0 Å². The summed E-state index contributed by atoms with van der Waals surface area (Å²) in [6.07, 6.45) is 4.98. The van der Waals surface area contributed by atoms with Crippen LogP contribution in [0.1, 0.15) is 25.6 Å². The van der Waals surface area contributed by atoms with Crippen molar-refractivity contribution in [3.63, 3.8) is 0 Å². The molecule has 0 bridgehead atoms. The minimum absolute atomic E-state index is 0.255. The molecule has 2 aromatic heterocycles. The van der Waals surface area contributed by atoms with Gasteiger partial charge in [-0.2, -0.15) is 0 Å². The van der Waals surface area contributed by atoms with E-state index in [0.717, 1.165) is 35.2 Å². The van der Waals surface area contributed by atoms with Gasteiger partial charge in [-0.1, -0.05) is 0 Å². The molecule has 0 aliphatic carbocycles. The van der Waals surface area contributed by atoms with Crippen molar-refractivity contribution in [1.29, 1.82) is 0 Å². The highest BCUT2D eigenvalue weighted by atomic mass is 79.9. The number of pyridine rings is 1. The number of fused-ring (bicyclic) bond motifs is 1. The van der Waals surface area contributed by atoms with Crippen LogP contribution < -0.4 is 5.73 Å². The zero-order valence-electron chi connectivity index (χ0n) is 9.23. The molecule has 1 atom stereocenters. The second-order valence-electron chi connectivity index (χ2n) is 4.06. The van der Waals surface area contributed by atoms with Crippen molar-refractivity contribution in [2.45, 2.75) is 32.2 Å². The van der Waals surface area contributed by atoms with E-state index in [2.05, 4.69) is 26.1 Å². The lowest BCUT2D eigenvalue weighted by Gasteiger charge is -2.03. The Kier molecular flexibility index (Phi) is 3.56. The van der Waals surface area contributed by atoms with Crippen LogP contribution in [-0.2, 0) is 6.42 Å². The lowest BCUT2D eigenvalue weighted by atomic mass is 10.1. The van der Waals surface area contributed by atoms with Gasteiger partial charge >= 0.3 is 0 Å². The van der Waals surface area contributed by atoms with Crippen molar-refractivity contribution in [1.82, 2.24) is 14.6 Å². The monoisotopic (exact) mass is 282 g/mol. The van der Waals surface area contributed by atoms with Gasteiger partial charge in [0.15, 0.2) is 5.65 Å². The summed E-state index contributed by atoms with van der Waals surface area (Å²) in [5.74, 6) is 0.997. The van der Waals surface area contributed by atoms with Crippen LogP contribution >= 0.6 is 15.9 Å². The van der Waals surface area contributed by atoms with Crippen molar-refractivity contribution in [3.05, 3.63) is 28.6 Å². The summed E-state index contributed by atoms with van der Waals surface area (Å²) in [4.78, 5) is 0. The largest absolute Gasteiger partial charge is 0.328 e. The molecule has 1 unspecified atom stereocenters. The first-order chi connectivity index (χ1) is 7.66. The molecule has 0 saturated carbocycles. The molecule has 0 radical (unpaired) electrons. The highest BCUT2D eigenvalue weighted by molar-refractivity contribution is 9.10. The molecular formula is C11H15BrN4. The van der Waals surface area contributed by atoms with Gasteiger partial charge in [0.1, 0.15) is 5.82 Å². The van der Waals surface area contributed by atoms with E-state index < -0.39 is 0 Å². The SMILES string of the molecule is CC(N)CCCc1nnc2ccc(Br)cn12. The minimum Gasteiger partial charge on any atom is -0.328 e. The fourth-order valence-corrected chi connectivity index (χ4v) is 2.00. The maximum absolute atomic E-state index is 5.72. The van der Waals surface area contributed by atoms with E-state index in [-0.39, 0.29) is 6.04 Å². The normalized spacial score (nSPS) is 13.2. The van der Waals surface area contributed by atoms with Crippen LogP contribution in [0, 0.1) is 0 Å². The molecule has 5 heteroatoms. The minimum atomic E-state index is 0.255. The summed E-state index contributed by atoms with van der Waals surface area (Å²) in [5.41, 5.74) is 6.61. The molecule has 2 N–H and O–H groups in total. The first-order valence-electron chi connectivity index (χ1n) is 5.41. The second-order valence-corrected chi connectivity index (χ2v) is 4.98. The number of nitrogens with two attached hydrogens (primary N) is 1.